The molecule has 0 unspecified atom stereocenters. The molecule has 0 radical (unpaired) electrons. The second-order valence-electron chi connectivity index (χ2n) is 7.30. The van der Waals surface area contributed by atoms with Crippen molar-refractivity contribution in [1.29, 1.82) is 0 Å². The summed E-state index contributed by atoms with van der Waals surface area (Å²) in [4.78, 5) is 21.3. The smallest absolute Gasteiger partial charge is 0.263 e. The Morgan fingerprint density at radius 1 is 1.06 bits per heavy atom. The number of carbonyl (C=O) groups excluding carboxylic acids is 1. The van der Waals surface area contributed by atoms with Gasteiger partial charge in [0.2, 0.25) is 5.95 Å². The third-order valence-corrected chi connectivity index (χ3v) is 5.05. The summed E-state index contributed by atoms with van der Waals surface area (Å²) in [5.74, 6) is -0.645. The molecule has 0 bridgehead atoms. The largest absolute Gasteiger partial charge is 0.289 e. The molecule has 3 aromatic heterocycles. The summed E-state index contributed by atoms with van der Waals surface area (Å²) in [6.45, 7) is 2.22. The number of nitrogens with zero attached hydrogens (tertiary/aromatic N) is 6. The molecule has 0 fully saturated rings. The molecule has 2 aromatic carbocycles. The first-order valence-corrected chi connectivity index (χ1v) is 9.92. The normalized spacial score (nSPS) is 11.1. The van der Waals surface area contributed by atoms with Gasteiger partial charge in [-0.2, -0.15) is 5.10 Å². The topological polar surface area (TPSA) is 90.0 Å². The highest BCUT2D eigenvalue weighted by molar-refractivity contribution is 6.07. The molecule has 9 heteroatoms. The fraction of sp³-hybridized carbons (Fsp3) is 0.0870. The standard InChI is InChI=1S/C23H18FN7O/c1-15-6-8-16(9-7-15)20-10-11-25-21-18(12-27-31(20)21)22(32)28-23-26-14-30(29-23)13-17-4-2-3-5-19(17)24/h2-12,14H,13H2,1H3,(H,28,29,32). The number of hydrogen-bond acceptors (Lipinski definition) is 5. The Hall–Kier alpha value is -4.40. The van der Waals surface area contributed by atoms with Crippen molar-refractivity contribution in [1.82, 2.24) is 29.4 Å². The first-order chi connectivity index (χ1) is 15.6. The van der Waals surface area contributed by atoms with Gasteiger partial charge in [-0.3, -0.25) is 10.1 Å². The van der Waals surface area contributed by atoms with Crippen LogP contribution in [0, 0.1) is 12.7 Å². The van der Waals surface area contributed by atoms with E-state index in [9.17, 15) is 9.18 Å². The molecule has 0 aliphatic heterocycles. The monoisotopic (exact) mass is 427 g/mol. The number of carbonyl (C=O) groups is 1. The summed E-state index contributed by atoms with van der Waals surface area (Å²) in [6.07, 6.45) is 4.54. The molecule has 3 heterocycles. The molecule has 32 heavy (non-hydrogen) atoms. The third kappa shape index (κ3) is 3.71. The van der Waals surface area contributed by atoms with Crippen LogP contribution in [0.5, 0.6) is 0 Å². The van der Waals surface area contributed by atoms with E-state index in [1.54, 1.807) is 28.9 Å². The van der Waals surface area contributed by atoms with Crippen LogP contribution < -0.4 is 5.32 Å². The molecule has 0 saturated heterocycles. The average Bonchev–Trinajstić information content (AvgIpc) is 3.42. The maximum Gasteiger partial charge on any atom is 0.263 e. The maximum atomic E-state index is 13.9. The number of halogens is 1. The van der Waals surface area contributed by atoms with Gasteiger partial charge in [-0.25, -0.2) is 23.6 Å². The number of aromatic nitrogens is 6. The van der Waals surface area contributed by atoms with Crippen molar-refractivity contribution < 1.29 is 9.18 Å². The van der Waals surface area contributed by atoms with E-state index in [-0.39, 0.29) is 18.3 Å². The van der Waals surface area contributed by atoms with E-state index in [1.807, 2.05) is 37.3 Å². The van der Waals surface area contributed by atoms with Crippen molar-refractivity contribution in [3.05, 3.63) is 95.8 Å². The van der Waals surface area contributed by atoms with Crippen molar-refractivity contribution in [2.24, 2.45) is 0 Å². The zero-order valence-electron chi connectivity index (χ0n) is 17.1. The summed E-state index contributed by atoms with van der Waals surface area (Å²) in [6, 6.07) is 16.3. The van der Waals surface area contributed by atoms with E-state index >= 15 is 0 Å². The van der Waals surface area contributed by atoms with Crippen LogP contribution in [-0.4, -0.2) is 35.3 Å². The lowest BCUT2D eigenvalue weighted by Crippen LogP contribution is -2.14. The van der Waals surface area contributed by atoms with Crippen molar-refractivity contribution >= 4 is 17.5 Å². The quantitative estimate of drug-likeness (QED) is 0.462. The van der Waals surface area contributed by atoms with Crippen molar-refractivity contribution in [3.8, 4) is 11.3 Å². The number of aryl methyl sites for hydroxylation is 1. The molecule has 5 rings (SSSR count). The summed E-state index contributed by atoms with van der Waals surface area (Å²) in [5.41, 5.74) is 4.14. The lowest BCUT2D eigenvalue weighted by atomic mass is 10.1. The number of fused-ring (bicyclic) bond motifs is 1. The lowest BCUT2D eigenvalue weighted by molar-refractivity contribution is 0.102. The van der Waals surface area contributed by atoms with Gasteiger partial charge < -0.3 is 0 Å². The first-order valence-electron chi connectivity index (χ1n) is 9.92. The van der Waals surface area contributed by atoms with E-state index in [0.717, 1.165) is 16.8 Å². The molecule has 158 valence electrons. The minimum atomic E-state index is -0.433. The fourth-order valence-electron chi connectivity index (χ4n) is 3.39. The second-order valence-corrected chi connectivity index (χ2v) is 7.30. The van der Waals surface area contributed by atoms with Gasteiger partial charge in [0.05, 0.1) is 18.4 Å². The number of rotatable bonds is 5. The molecular weight excluding hydrogens is 409 g/mol. The van der Waals surface area contributed by atoms with Crippen LogP contribution >= 0.6 is 0 Å². The summed E-state index contributed by atoms with van der Waals surface area (Å²) < 4.78 is 16.9. The minimum Gasteiger partial charge on any atom is -0.289 e. The maximum absolute atomic E-state index is 13.9. The molecule has 5 aromatic rings. The van der Waals surface area contributed by atoms with Crippen LogP contribution in [0.1, 0.15) is 21.5 Å². The predicted molar refractivity (Wildman–Crippen MR) is 117 cm³/mol. The number of benzene rings is 2. The van der Waals surface area contributed by atoms with E-state index in [1.165, 1.54) is 23.3 Å². The molecular formula is C23H18FN7O. The Kier molecular flexibility index (Phi) is 4.91. The van der Waals surface area contributed by atoms with Crippen LogP contribution in [0.25, 0.3) is 16.9 Å². The lowest BCUT2D eigenvalue weighted by Gasteiger charge is -2.05. The van der Waals surface area contributed by atoms with Crippen LogP contribution in [-0.2, 0) is 6.54 Å². The van der Waals surface area contributed by atoms with Gasteiger partial charge in [-0.15, -0.1) is 5.10 Å². The Bertz CT molecular complexity index is 1420. The molecule has 1 N–H and O–H groups in total. The van der Waals surface area contributed by atoms with Crippen LogP contribution in [0.15, 0.2) is 73.3 Å². The second kappa shape index (κ2) is 8.03. The van der Waals surface area contributed by atoms with Gasteiger partial charge in [0.25, 0.3) is 5.91 Å². The first kappa shape index (κ1) is 19.6. The molecule has 8 nitrogen and oxygen atoms in total. The Morgan fingerprint density at radius 3 is 2.69 bits per heavy atom. The molecule has 0 atom stereocenters. The van der Waals surface area contributed by atoms with Gasteiger partial charge in [0.15, 0.2) is 5.65 Å². The van der Waals surface area contributed by atoms with Gasteiger partial charge >= 0.3 is 0 Å². The molecule has 0 spiro atoms. The van der Waals surface area contributed by atoms with E-state index in [0.29, 0.717) is 16.8 Å². The minimum absolute atomic E-state index is 0.111. The molecule has 0 aliphatic carbocycles. The number of nitrogens with one attached hydrogen (secondary N) is 1. The molecule has 0 aliphatic rings. The van der Waals surface area contributed by atoms with Crippen molar-refractivity contribution in [2.75, 3.05) is 5.32 Å². The van der Waals surface area contributed by atoms with E-state index in [2.05, 4.69) is 25.5 Å². The van der Waals surface area contributed by atoms with Gasteiger partial charge in [0, 0.05) is 17.3 Å². The van der Waals surface area contributed by atoms with Crippen molar-refractivity contribution in [3.63, 3.8) is 0 Å². The number of amides is 1. The molecule has 1 amide bonds. The zero-order valence-corrected chi connectivity index (χ0v) is 17.1. The van der Waals surface area contributed by atoms with Crippen molar-refractivity contribution in [2.45, 2.75) is 13.5 Å². The Balaban J connectivity index is 1.38. The zero-order chi connectivity index (χ0) is 22.1. The van der Waals surface area contributed by atoms with E-state index < -0.39 is 5.91 Å². The van der Waals surface area contributed by atoms with Crippen LogP contribution in [0.4, 0.5) is 10.3 Å². The molecule has 0 saturated carbocycles. The predicted octanol–water partition coefficient (Wildman–Crippen LogP) is 3.74. The number of anilines is 1. The highest BCUT2D eigenvalue weighted by Gasteiger charge is 2.18. The third-order valence-electron chi connectivity index (χ3n) is 5.05. The summed E-state index contributed by atoms with van der Waals surface area (Å²) >= 11 is 0. The van der Waals surface area contributed by atoms with Gasteiger partial charge in [-0.05, 0) is 19.1 Å². The highest BCUT2D eigenvalue weighted by Crippen LogP contribution is 2.22. The highest BCUT2D eigenvalue weighted by atomic mass is 19.1. The van der Waals surface area contributed by atoms with E-state index in [4.69, 9.17) is 0 Å². The van der Waals surface area contributed by atoms with Gasteiger partial charge in [-0.1, -0.05) is 48.0 Å². The summed E-state index contributed by atoms with van der Waals surface area (Å²) in [7, 11) is 0. The van der Waals surface area contributed by atoms with Gasteiger partial charge in [0.1, 0.15) is 17.7 Å². The fourth-order valence-corrected chi connectivity index (χ4v) is 3.39. The van der Waals surface area contributed by atoms with Crippen LogP contribution in [0.3, 0.4) is 0 Å². The number of hydrogen-bond donors (Lipinski definition) is 1. The summed E-state index contributed by atoms with van der Waals surface area (Å²) in [5, 5.41) is 11.2. The Labute approximate surface area is 182 Å². The average molecular weight is 427 g/mol. The van der Waals surface area contributed by atoms with Crippen LogP contribution in [0.2, 0.25) is 0 Å². The SMILES string of the molecule is Cc1ccc(-c2ccnc3c(C(=O)Nc4ncn(Cc5ccccc5F)n4)cnn23)cc1. The Morgan fingerprint density at radius 2 is 1.88 bits per heavy atom.